The zero-order chi connectivity index (χ0) is 13.5. The molecular formula is C15H31NO. The summed E-state index contributed by atoms with van der Waals surface area (Å²) in [5, 5.41) is 3.71. The maximum absolute atomic E-state index is 6.10. The number of rotatable bonds is 3. The number of hydrogen-bond acceptors (Lipinski definition) is 2. The van der Waals surface area contributed by atoms with Gasteiger partial charge in [0, 0.05) is 6.04 Å². The SMILES string of the molecule is CC(CNC1CC(C)(C)OC1(C)C)C(C)(C)C. The molecule has 1 saturated heterocycles. The second kappa shape index (κ2) is 4.55. The third kappa shape index (κ3) is 3.96. The molecule has 1 fully saturated rings. The molecule has 1 heterocycles. The summed E-state index contributed by atoms with van der Waals surface area (Å²) in [5.74, 6) is 0.669. The van der Waals surface area contributed by atoms with Gasteiger partial charge in [-0.05, 0) is 52.0 Å². The smallest absolute Gasteiger partial charge is 0.0787 e. The lowest BCUT2D eigenvalue weighted by Gasteiger charge is -2.32. The molecule has 0 bridgehead atoms. The van der Waals surface area contributed by atoms with Crippen molar-refractivity contribution < 1.29 is 4.74 Å². The van der Waals surface area contributed by atoms with E-state index in [4.69, 9.17) is 4.74 Å². The Kier molecular flexibility index (Phi) is 4.01. The molecule has 0 amide bonds. The van der Waals surface area contributed by atoms with Crippen LogP contribution in [-0.2, 0) is 4.74 Å². The maximum Gasteiger partial charge on any atom is 0.0787 e. The fourth-order valence-electron chi connectivity index (χ4n) is 2.51. The zero-order valence-corrected chi connectivity index (χ0v) is 13.0. The van der Waals surface area contributed by atoms with E-state index >= 15 is 0 Å². The molecule has 0 radical (unpaired) electrons. The Bertz CT molecular complexity index is 263. The molecule has 2 unspecified atom stereocenters. The van der Waals surface area contributed by atoms with Crippen LogP contribution in [0.4, 0.5) is 0 Å². The molecule has 17 heavy (non-hydrogen) atoms. The van der Waals surface area contributed by atoms with Gasteiger partial charge in [-0.1, -0.05) is 27.7 Å². The van der Waals surface area contributed by atoms with E-state index in [1.165, 1.54) is 0 Å². The molecule has 2 nitrogen and oxygen atoms in total. The van der Waals surface area contributed by atoms with Crippen LogP contribution in [0.5, 0.6) is 0 Å². The number of ether oxygens (including phenoxy) is 1. The monoisotopic (exact) mass is 241 g/mol. The van der Waals surface area contributed by atoms with Crippen molar-refractivity contribution in [2.75, 3.05) is 6.54 Å². The van der Waals surface area contributed by atoms with Gasteiger partial charge < -0.3 is 10.1 Å². The molecule has 102 valence electrons. The molecule has 1 rings (SSSR count). The van der Waals surface area contributed by atoms with Gasteiger partial charge in [-0.3, -0.25) is 0 Å². The van der Waals surface area contributed by atoms with E-state index in [1.54, 1.807) is 0 Å². The van der Waals surface area contributed by atoms with Crippen LogP contribution in [0.2, 0.25) is 0 Å². The Morgan fingerprint density at radius 2 is 1.76 bits per heavy atom. The third-order valence-corrected chi connectivity index (χ3v) is 4.22. The summed E-state index contributed by atoms with van der Waals surface area (Å²) in [6, 6.07) is 0.460. The summed E-state index contributed by atoms with van der Waals surface area (Å²) < 4.78 is 6.10. The van der Waals surface area contributed by atoms with Gasteiger partial charge >= 0.3 is 0 Å². The fourth-order valence-corrected chi connectivity index (χ4v) is 2.51. The topological polar surface area (TPSA) is 21.3 Å². The Hall–Kier alpha value is -0.0800. The van der Waals surface area contributed by atoms with Crippen LogP contribution in [0, 0.1) is 11.3 Å². The van der Waals surface area contributed by atoms with Crippen molar-refractivity contribution in [2.24, 2.45) is 11.3 Å². The molecular weight excluding hydrogens is 210 g/mol. The minimum absolute atomic E-state index is 0.00609. The van der Waals surface area contributed by atoms with E-state index in [9.17, 15) is 0 Å². The summed E-state index contributed by atoms with van der Waals surface area (Å²) in [7, 11) is 0. The first-order valence-corrected chi connectivity index (χ1v) is 6.88. The van der Waals surface area contributed by atoms with Gasteiger partial charge in [-0.25, -0.2) is 0 Å². The van der Waals surface area contributed by atoms with Crippen LogP contribution in [0.15, 0.2) is 0 Å². The predicted molar refractivity (Wildman–Crippen MR) is 74.3 cm³/mol. The summed E-state index contributed by atoms with van der Waals surface area (Å²) >= 11 is 0. The maximum atomic E-state index is 6.10. The quantitative estimate of drug-likeness (QED) is 0.815. The van der Waals surface area contributed by atoms with Gasteiger partial charge in [-0.15, -0.1) is 0 Å². The molecule has 1 N–H and O–H groups in total. The van der Waals surface area contributed by atoms with Crippen LogP contribution >= 0.6 is 0 Å². The van der Waals surface area contributed by atoms with Crippen LogP contribution in [0.3, 0.4) is 0 Å². The summed E-state index contributed by atoms with van der Waals surface area (Å²) in [6.07, 6.45) is 1.09. The van der Waals surface area contributed by atoms with Gasteiger partial charge in [0.05, 0.1) is 11.2 Å². The van der Waals surface area contributed by atoms with Gasteiger partial charge in [-0.2, -0.15) is 0 Å². The highest BCUT2D eigenvalue weighted by Gasteiger charge is 2.45. The predicted octanol–water partition coefficient (Wildman–Crippen LogP) is 3.60. The molecule has 0 spiro atoms. The van der Waals surface area contributed by atoms with Crippen molar-refractivity contribution in [1.29, 1.82) is 0 Å². The van der Waals surface area contributed by atoms with Crippen molar-refractivity contribution in [3.8, 4) is 0 Å². The normalized spacial score (nSPS) is 29.3. The molecule has 2 atom stereocenters. The van der Waals surface area contributed by atoms with Gasteiger partial charge in [0.25, 0.3) is 0 Å². The Morgan fingerprint density at radius 1 is 1.24 bits per heavy atom. The van der Waals surface area contributed by atoms with E-state index in [2.05, 4.69) is 60.7 Å². The second-order valence-corrected chi connectivity index (χ2v) is 7.90. The lowest BCUT2D eigenvalue weighted by Crippen LogP contribution is -2.46. The van der Waals surface area contributed by atoms with Crippen molar-refractivity contribution in [1.82, 2.24) is 5.32 Å². The van der Waals surface area contributed by atoms with E-state index in [1.807, 2.05) is 0 Å². The Morgan fingerprint density at radius 3 is 2.12 bits per heavy atom. The number of hydrogen-bond donors (Lipinski definition) is 1. The van der Waals surface area contributed by atoms with Crippen LogP contribution in [-0.4, -0.2) is 23.8 Å². The first kappa shape index (κ1) is 15.0. The minimum Gasteiger partial charge on any atom is -0.368 e. The summed E-state index contributed by atoms with van der Waals surface area (Å²) in [4.78, 5) is 0. The van der Waals surface area contributed by atoms with E-state index in [-0.39, 0.29) is 11.2 Å². The molecule has 0 saturated carbocycles. The molecule has 0 aromatic heterocycles. The minimum atomic E-state index is -0.0545. The van der Waals surface area contributed by atoms with Gasteiger partial charge in [0.2, 0.25) is 0 Å². The lowest BCUT2D eigenvalue weighted by atomic mass is 9.81. The van der Waals surface area contributed by atoms with E-state index in [0.717, 1.165) is 13.0 Å². The molecule has 0 aromatic carbocycles. The Balaban J connectivity index is 2.53. The summed E-state index contributed by atoms with van der Waals surface area (Å²) in [6.45, 7) is 19.1. The molecule has 1 aliphatic heterocycles. The van der Waals surface area contributed by atoms with E-state index in [0.29, 0.717) is 17.4 Å². The van der Waals surface area contributed by atoms with Gasteiger partial charge in [0.15, 0.2) is 0 Å². The third-order valence-electron chi connectivity index (χ3n) is 4.22. The average Bonchev–Trinajstić information content (AvgIpc) is 2.28. The Labute approximate surface area is 108 Å². The van der Waals surface area contributed by atoms with Crippen molar-refractivity contribution >= 4 is 0 Å². The average molecular weight is 241 g/mol. The fraction of sp³-hybridized carbons (Fsp3) is 1.00. The van der Waals surface area contributed by atoms with Crippen molar-refractivity contribution in [2.45, 2.75) is 79.1 Å². The lowest BCUT2D eigenvalue weighted by molar-refractivity contribution is -0.0701. The molecule has 0 aliphatic carbocycles. The summed E-state index contributed by atoms with van der Waals surface area (Å²) in [5.41, 5.74) is 0.319. The second-order valence-electron chi connectivity index (χ2n) is 7.90. The molecule has 1 aliphatic rings. The first-order valence-electron chi connectivity index (χ1n) is 6.88. The van der Waals surface area contributed by atoms with Crippen LogP contribution < -0.4 is 5.32 Å². The van der Waals surface area contributed by atoms with Crippen molar-refractivity contribution in [3.63, 3.8) is 0 Å². The van der Waals surface area contributed by atoms with Crippen LogP contribution in [0.1, 0.15) is 61.8 Å². The van der Waals surface area contributed by atoms with Crippen LogP contribution in [0.25, 0.3) is 0 Å². The highest BCUT2D eigenvalue weighted by atomic mass is 16.5. The zero-order valence-electron chi connectivity index (χ0n) is 13.0. The van der Waals surface area contributed by atoms with Gasteiger partial charge in [0.1, 0.15) is 0 Å². The standard InChI is InChI=1S/C15H31NO/c1-11(13(2,3)4)10-16-12-9-14(5,6)17-15(12,7)8/h11-12,16H,9-10H2,1-8H3. The molecule has 0 aromatic rings. The number of nitrogens with one attached hydrogen (secondary N) is 1. The highest BCUT2D eigenvalue weighted by molar-refractivity contribution is 4.99. The highest BCUT2D eigenvalue weighted by Crippen LogP contribution is 2.37. The largest absolute Gasteiger partial charge is 0.368 e. The van der Waals surface area contributed by atoms with Crippen molar-refractivity contribution in [3.05, 3.63) is 0 Å². The molecule has 2 heteroatoms. The van der Waals surface area contributed by atoms with E-state index < -0.39 is 0 Å². The first-order chi connectivity index (χ1) is 7.44.